The van der Waals surface area contributed by atoms with Gasteiger partial charge in [-0.25, -0.2) is 4.39 Å². The van der Waals surface area contributed by atoms with Crippen LogP contribution in [-0.4, -0.2) is 11.4 Å². The average Bonchev–Trinajstić information content (AvgIpc) is 3.07. The fourth-order valence-electron chi connectivity index (χ4n) is 1.73. The molecule has 1 aliphatic carbocycles. The van der Waals surface area contributed by atoms with E-state index in [1.165, 1.54) is 18.2 Å². The Hall–Kier alpha value is -1.13. The molecule has 1 aromatic carbocycles. The monoisotopic (exact) mass is 256 g/mol. The molecular weight excluding hydrogens is 243 g/mol. The topological polar surface area (TPSA) is 55.1 Å². The van der Waals surface area contributed by atoms with Crippen LogP contribution in [0, 0.1) is 11.7 Å². The molecule has 0 heterocycles. The highest BCUT2D eigenvalue weighted by molar-refractivity contribution is 6.33. The highest BCUT2D eigenvalue weighted by atomic mass is 35.5. The first kappa shape index (κ1) is 12.3. The number of anilines is 1. The second-order valence-electron chi connectivity index (χ2n) is 4.61. The van der Waals surface area contributed by atoms with Crippen molar-refractivity contribution in [2.75, 3.05) is 5.32 Å². The summed E-state index contributed by atoms with van der Waals surface area (Å²) < 4.78 is 13.5. The Labute approximate surface area is 104 Å². The number of halogens is 2. The summed E-state index contributed by atoms with van der Waals surface area (Å²) in [6, 6.07) is 4.24. The summed E-state index contributed by atoms with van der Waals surface area (Å²) in [6.45, 7) is 1.66. The van der Waals surface area contributed by atoms with Gasteiger partial charge in [0, 0.05) is 0 Å². The number of nitrogens with one attached hydrogen (secondary N) is 1. The molecule has 0 radical (unpaired) electrons. The molecule has 92 valence electrons. The van der Waals surface area contributed by atoms with E-state index in [0.717, 1.165) is 12.8 Å². The average molecular weight is 257 g/mol. The minimum atomic E-state index is -0.967. The number of carbonyl (C=O) groups is 1. The van der Waals surface area contributed by atoms with Gasteiger partial charge in [0.15, 0.2) is 0 Å². The third kappa shape index (κ3) is 2.42. The lowest BCUT2D eigenvalue weighted by atomic mass is 9.96. The van der Waals surface area contributed by atoms with Gasteiger partial charge in [0.2, 0.25) is 5.91 Å². The molecule has 2 rings (SSSR count). The number of benzene rings is 1. The van der Waals surface area contributed by atoms with E-state index in [1.807, 2.05) is 0 Å². The lowest BCUT2D eigenvalue weighted by Crippen LogP contribution is -2.50. The molecule has 1 saturated carbocycles. The van der Waals surface area contributed by atoms with Gasteiger partial charge in [-0.15, -0.1) is 0 Å². The first-order valence-corrected chi connectivity index (χ1v) is 5.85. The van der Waals surface area contributed by atoms with Gasteiger partial charge in [0.25, 0.3) is 0 Å². The Morgan fingerprint density at radius 2 is 2.24 bits per heavy atom. The van der Waals surface area contributed by atoms with Crippen molar-refractivity contribution in [2.45, 2.75) is 25.3 Å². The van der Waals surface area contributed by atoms with Gasteiger partial charge in [-0.05, 0) is 37.8 Å². The van der Waals surface area contributed by atoms with Crippen molar-refractivity contribution in [3.05, 3.63) is 29.0 Å². The Bertz CT molecular complexity index is 438. The van der Waals surface area contributed by atoms with Crippen LogP contribution in [-0.2, 0) is 4.79 Å². The van der Waals surface area contributed by atoms with Crippen LogP contribution in [0.25, 0.3) is 0 Å². The van der Waals surface area contributed by atoms with Gasteiger partial charge >= 0.3 is 0 Å². The fraction of sp³-hybridized carbons (Fsp3) is 0.417. The third-order valence-electron chi connectivity index (χ3n) is 3.12. The zero-order valence-corrected chi connectivity index (χ0v) is 10.2. The lowest BCUT2D eigenvalue weighted by Gasteiger charge is -2.23. The summed E-state index contributed by atoms with van der Waals surface area (Å²) in [5.74, 6) is -0.780. The molecule has 3 nitrogen and oxygen atoms in total. The summed E-state index contributed by atoms with van der Waals surface area (Å²) >= 11 is 5.82. The number of carbonyl (C=O) groups excluding carboxylic acids is 1. The van der Waals surface area contributed by atoms with Crippen LogP contribution in [0.15, 0.2) is 18.2 Å². The van der Waals surface area contributed by atoms with Crippen molar-refractivity contribution >= 4 is 23.2 Å². The number of rotatable bonds is 3. The summed E-state index contributed by atoms with van der Waals surface area (Å²) in [6.07, 6.45) is 1.87. The Balaban J connectivity index is 2.18. The zero-order chi connectivity index (χ0) is 12.6. The summed E-state index contributed by atoms with van der Waals surface area (Å²) in [5, 5.41) is 2.64. The molecule has 0 aliphatic heterocycles. The van der Waals surface area contributed by atoms with Crippen LogP contribution >= 0.6 is 11.6 Å². The molecule has 1 fully saturated rings. The SMILES string of the molecule is CC(N)(C(=O)Nc1c(F)cccc1Cl)C1CC1. The van der Waals surface area contributed by atoms with Gasteiger partial charge in [0.05, 0.1) is 16.2 Å². The zero-order valence-electron chi connectivity index (χ0n) is 9.47. The molecule has 0 saturated heterocycles. The quantitative estimate of drug-likeness (QED) is 0.873. The number of hydrogen-bond acceptors (Lipinski definition) is 2. The number of amides is 1. The van der Waals surface area contributed by atoms with Crippen molar-refractivity contribution in [2.24, 2.45) is 11.7 Å². The van der Waals surface area contributed by atoms with Gasteiger partial charge in [-0.2, -0.15) is 0 Å². The standard InChI is InChI=1S/C12H14ClFN2O/c1-12(15,7-5-6-7)11(17)16-10-8(13)3-2-4-9(10)14/h2-4,7H,5-6,15H2,1H3,(H,16,17). The second kappa shape index (κ2) is 4.27. The summed E-state index contributed by atoms with van der Waals surface area (Å²) in [7, 11) is 0. The molecule has 1 aromatic rings. The van der Waals surface area contributed by atoms with Crippen LogP contribution in [0.5, 0.6) is 0 Å². The molecule has 1 aliphatic rings. The first-order chi connectivity index (χ1) is 7.93. The van der Waals surface area contributed by atoms with E-state index in [2.05, 4.69) is 5.32 Å². The Morgan fingerprint density at radius 3 is 2.76 bits per heavy atom. The summed E-state index contributed by atoms with van der Waals surface area (Å²) in [4.78, 5) is 12.0. The minimum absolute atomic E-state index is 0.00325. The molecule has 1 amide bonds. The van der Waals surface area contributed by atoms with E-state index in [0.29, 0.717) is 0 Å². The van der Waals surface area contributed by atoms with Gasteiger partial charge in [0.1, 0.15) is 5.82 Å². The Morgan fingerprint density at radius 1 is 1.59 bits per heavy atom. The van der Waals surface area contributed by atoms with E-state index in [-0.39, 0.29) is 16.6 Å². The highest BCUT2D eigenvalue weighted by Gasteiger charge is 2.44. The van der Waals surface area contributed by atoms with E-state index >= 15 is 0 Å². The highest BCUT2D eigenvalue weighted by Crippen LogP contribution is 2.39. The molecular formula is C12H14ClFN2O. The second-order valence-corrected chi connectivity index (χ2v) is 5.01. The van der Waals surface area contributed by atoms with E-state index < -0.39 is 17.3 Å². The normalized spacial score (nSPS) is 18.6. The largest absolute Gasteiger partial charge is 0.321 e. The minimum Gasteiger partial charge on any atom is -0.321 e. The van der Waals surface area contributed by atoms with E-state index in [4.69, 9.17) is 17.3 Å². The summed E-state index contributed by atoms with van der Waals surface area (Å²) in [5.41, 5.74) is 4.97. The van der Waals surface area contributed by atoms with Crippen molar-refractivity contribution < 1.29 is 9.18 Å². The predicted octanol–water partition coefficient (Wildman–Crippen LogP) is 2.55. The molecule has 1 unspecified atom stereocenters. The van der Waals surface area contributed by atoms with Gasteiger partial charge in [-0.3, -0.25) is 4.79 Å². The van der Waals surface area contributed by atoms with Crippen LogP contribution in [0.3, 0.4) is 0 Å². The van der Waals surface area contributed by atoms with Crippen molar-refractivity contribution in [3.63, 3.8) is 0 Å². The molecule has 3 N–H and O–H groups in total. The van der Waals surface area contributed by atoms with Crippen molar-refractivity contribution in [3.8, 4) is 0 Å². The van der Waals surface area contributed by atoms with Gasteiger partial charge < -0.3 is 11.1 Å². The first-order valence-electron chi connectivity index (χ1n) is 5.47. The number of nitrogens with two attached hydrogens (primary N) is 1. The molecule has 0 bridgehead atoms. The van der Waals surface area contributed by atoms with Gasteiger partial charge in [-0.1, -0.05) is 17.7 Å². The van der Waals surface area contributed by atoms with Crippen LogP contribution in [0.4, 0.5) is 10.1 Å². The fourth-order valence-corrected chi connectivity index (χ4v) is 1.94. The van der Waals surface area contributed by atoms with Crippen LogP contribution in [0.2, 0.25) is 5.02 Å². The molecule has 1 atom stereocenters. The molecule has 5 heteroatoms. The van der Waals surface area contributed by atoms with E-state index in [9.17, 15) is 9.18 Å². The maximum Gasteiger partial charge on any atom is 0.244 e. The smallest absolute Gasteiger partial charge is 0.244 e. The van der Waals surface area contributed by atoms with Crippen LogP contribution < -0.4 is 11.1 Å². The van der Waals surface area contributed by atoms with Crippen molar-refractivity contribution in [1.29, 1.82) is 0 Å². The molecule has 17 heavy (non-hydrogen) atoms. The maximum absolute atomic E-state index is 13.5. The number of para-hydroxylation sites is 1. The van der Waals surface area contributed by atoms with Crippen molar-refractivity contribution in [1.82, 2.24) is 0 Å². The molecule has 0 spiro atoms. The Kier molecular flexibility index (Phi) is 3.10. The van der Waals surface area contributed by atoms with E-state index in [1.54, 1.807) is 6.92 Å². The maximum atomic E-state index is 13.5. The van der Waals surface area contributed by atoms with Crippen LogP contribution in [0.1, 0.15) is 19.8 Å². The predicted molar refractivity (Wildman–Crippen MR) is 65.4 cm³/mol. The number of hydrogen-bond donors (Lipinski definition) is 2. The third-order valence-corrected chi connectivity index (χ3v) is 3.43. The molecule has 0 aromatic heterocycles. The lowest BCUT2D eigenvalue weighted by molar-refractivity contribution is -0.121.